The minimum Gasteiger partial charge on any atom is -0.278 e. The predicted molar refractivity (Wildman–Crippen MR) is 53.5 cm³/mol. The molecule has 0 atom stereocenters. The summed E-state index contributed by atoms with van der Waals surface area (Å²) in [6, 6.07) is 1.85. The first-order valence-electron chi connectivity index (χ1n) is 4.04. The van der Waals surface area contributed by atoms with Gasteiger partial charge in [0.15, 0.2) is 0 Å². The highest BCUT2D eigenvalue weighted by molar-refractivity contribution is 9.10. The first-order chi connectivity index (χ1) is 6.24. The van der Waals surface area contributed by atoms with Gasteiger partial charge in [-0.1, -0.05) is 11.6 Å². The van der Waals surface area contributed by atoms with Gasteiger partial charge in [0.05, 0.1) is 16.7 Å². The van der Waals surface area contributed by atoms with Crippen LogP contribution in [0, 0.1) is 6.90 Å². The Morgan fingerprint density at radius 2 is 2.58 bits per heavy atom. The number of H-pyrrole nitrogens is 1. The van der Waals surface area contributed by atoms with E-state index < -0.39 is 0 Å². The van der Waals surface area contributed by atoms with E-state index in [9.17, 15) is 0 Å². The number of hydrogen-bond acceptors (Lipinski definition) is 1. The average Bonchev–Trinajstić information content (AvgIpc) is 2.59. The maximum absolute atomic E-state index is 7.27. The normalized spacial score (nSPS) is 12.0. The highest BCUT2D eigenvalue weighted by Crippen LogP contribution is 2.32. The third-order valence-corrected chi connectivity index (χ3v) is 3.18. The maximum Gasteiger partial charge on any atom is 0.0665 e. The molecular formula is C8H6BrClN2. The van der Waals surface area contributed by atoms with Crippen molar-refractivity contribution in [3.05, 3.63) is 27.3 Å². The molecule has 62 valence electrons. The van der Waals surface area contributed by atoms with Crippen molar-refractivity contribution >= 4 is 38.4 Å². The smallest absolute Gasteiger partial charge is 0.0665 e. The third-order valence-electron chi connectivity index (χ3n) is 1.70. The molecule has 1 N–H and O–H groups in total. The van der Waals surface area contributed by atoms with E-state index in [1.807, 2.05) is 6.07 Å². The molecule has 0 saturated carbocycles. The number of fused-ring (bicyclic) bond motifs is 1. The summed E-state index contributed by atoms with van der Waals surface area (Å²) in [6.07, 6.45) is 1.71. The maximum atomic E-state index is 7.27. The molecule has 0 aliphatic carbocycles. The van der Waals surface area contributed by atoms with Crippen molar-refractivity contribution in [1.29, 1.82) is 0 Å². The fraction of sp³-hybridized carbons (Fsp3) is 0.125. The van der Waals surface area contributed by atoms with Crippen LogP contribution in [-0.4, -0.2) is 10.2 Å². The number of aryl methyl sites for hydroxylation is 1. The van der Waals surface area contributed by atoms with Crippen LogP contribution in [0.4, 0.5) is 0 Å². The zero-order valence-electron chi connectivity index (χ0n) is 7.06. The lowest BCUT2D eigenvalue weighted by molar-refractivity contribution is 1.12. The fourth-order valence-corrected chi connectivity index (χ4v) is 1.80. The standard InChI is InChI=1S/C8H6BrClN2/c1-4-2-6-5(3-11-12-6)7(9)8(4)10/h2-3H,1H3,(H,11,12)/i1D. The molecule has 2 rings (SSSR count). The van der Waals surface area contributed by atoms with Crippen molar-refractivity contribution in [3.63, 3.8) is 0 Å². The van der Waals surface area contributed by atoms with Gasteiger partial charge in [-0.05, 0) is 34.5 Å². The Hall–Kier alpha value is -0.540. The molecule has 0 spiro atoms. The minimum atomic E-state index is 0.173. The molecule has 4 heteroatoms. The van der Waals surface area contributed by atoms with Crippen LogP contribution in [0.1, 0.15) is 6.93 Å². The van der Waals surface area contributed by atoms with Crippen molar-refractivity contribution in [1.82, 2.24) is 10.2 Å². The van der Waals surface area contributed by atoms with Gasteiger partial charge in [-0.2, -0.15) is 5.10 Å². The molecule has 2 aromatic rings. The summed E-state index contributed by atoms with van der Waals surface area (Å²) in [4.78, 5) is 0. The van der Waals surface area contributed by atoms with Crippen LogP contribution in [0.25, 0.3) is 10.9 Å². The SMILES string of the molecule is [2H]Cc1cc2[nH]ncc2c(Br)c1Cl. The summed E-state index contributed by atoms with van der Waals surface area (Å²) in [5.41, 5.74) is 1.70. The summed E-state index contributed by atoms with van der Waals surface area (Å²) in [6.45, 7) is 0.173. The largest absolute Gasteiger partial charge is 0.278 e. The van der Waals surface area contributed by atoms with Crippen LogP contribution in [0.15, 0.2) is 16.7 Å². The predicted octanol–water partition coefficient (Wildman–Crippen LogP) is 3.29. The molecular weight excluding hydrogens is 239 g/mol. The van der Waals surface area contributed by atoms with Gasteiger partial charge in [-0.3, -0.25) is 5.10 Å². The van der Waals surface area contributed by atoms with Gasteiger partial charge < -0.3 is 0 Å². The second-order valence-corrected chi connectivity index (χ2v) is 3.67. The topological polar surface area (TPSA) is 28.7 Å². The van der Waals surface area contributed by atoms with Crippen molar-refractivity contribution in [2.75, 3.05) is 0 Å². The first-order valence-corrected chi connectivity index (χ1v) is 4.50. The summed E-state index contributed by atoms with van der Waals surface area (Å²) in [7, 11) is 0. The van der Waals surface area contributed by atoms with Gasteiger partial charge in [0.1, 0.15) is 0 Å². The lowest BCUT2D eigenvalue weighted by atomic mass is 10.2. The Morgan fingerprint density at radius 1 is 1.75 bits per heavy atom. The Morgan fingerprint density at radius 3 is 3.33 bits per heavy atom. The van der Waals surface area contributed by atoms with Crippen molar-refractivity contribution in [2.24, 2.45) is 0 Å². The Labute approximate surface area is 84.5 Å². The van der Waals surface area contributed by atoms with Gasteiger partial charge in [-0.15, -0.1) is 0 Å². The average molecular weight is 247 g/mol. The van der Waals surface area contributed by atoms with Crippen LogP contribution in [0.5, 0.6) is 0 Å². The van der Waals surface area contributed by atoms with E-state index in [2.05, 4.69) is 26.1 Å². The zero-order chi connectivity index (χ0) is 9.42. The van der Waals surface area contributed by atoms with Crippen LogP contribution >= 0.6 is 27.5 Å². The lowest BCUT2D eigenvalue weighted by Gasteiger charge is -2.00. The molecule has 0 saturated heterocycles. The molecule has 0 radical (unpaired) electrons. The molecule has 0 bridgehead atoms. The summed E-state index contributed by atoms with van der Waals surface area (Å²) >= 11 is 9.40. The number of benzene rings is 1. The third kappa shape index (κ3) is 1.04. The zero-order valence-corrected chi connectivity index (χ0v) is 8.41. The van der Waals surface area contributed by atoms with Gasteiger partial charge >= 0.3 is 0 Å². The second kappa shape index (κ2) is 2.75. The second-order valence-electron chi connectivity index (χ2n) is 2.49. The van der Waals surface area contributed by atoms with Crippen LogP contribution in [0.2, 0.25) is 5.02 Å². The van der Waals surface area contributed by atoms with Crippen LogP contribution < -0.4 is 0 Å². The monoisotopic (exact) mass is 245 g/mol. The molecule has 1 aromatic heterocycles. The molecule has 0 aliphatic rings. The first kappa shape index (κ1) is 6.92. The number of hydrogen-bond donors (Lipinski definition) is 1. The number of nitrogens with zero attached hydrogens (tertiary/aromatic N) is 1. The number of aromatic amines is 1. The van der Waals surface area contributed by atoms with Crippen molar-refractivity contribution < 1.29 is 1.37 Å². The van der Waals surface area contributed by atoms with E-state index in [0.29, 0.717) is 5.02 Å². The lowest BCUT2D eigenvalue weighted by Crippen LogP contribution is -1.78. The summed E-state index contributed by atoms with van der Waals surface area (Å²) in [5.74, 6) is 0. The highest BCUT2D eigenvalue weighted by Gasteiger charge is 2.07. The molecule has 0 aliphatic heterocycles. The minimum absolute atomic E-state index is 0.173. The summed E-state index contributed by atoms with van der Waals surface area (Å²) in [5, 5.41) is 8.29. The number of aromatic nitrogens is 2. The molecule has 1 heterocycles. The van der Waals surface area contributed by atoms with Crippen molar-refractivity contribution in [3.8, 4) is 0 Å². The molecule has 1 aromatic carbocycles. The van der Waals surface area contributed by atoms with E-state index in [-0.39, 0.29) is 6.90 Å². The van der Waals surface area contributed by atoms with E-state index in [1.54, 1.807) is 6.20 Å². The van der Waals surface area contributed by atoms with E-state index in [4.69, 9.17) is 13.0 Å². The number of halogens is 2. The van der Waals surface area contributed by atoms with Crippen LogP contribution in [-0.2, 0) is 0 Å². The Kier molecular flexibility index (Phi) is 1.58. The van der Waals surface area contributed by atoms with Crippen molar-refractivity contribution in [2.45, 2.75) is 6.90 Å². The van der Waals surface area contributed by atoms with E-state index in [1.165, 1.54) is 0 Å². The fourth-order valence-electron chi connectivity index (χ4n) is 1.08. The summed E-state index contributed by atoms with van der Waals surface area (Å²) < 4.78 is 8.08. The van der Waals surface area contributed by atoms with E-state index in [0.717, 1.165) is 20.9 Å². The van der Waals surface area contributed by atoms with Gasteiger partial charge in [-0.25, -0.2) is 0 Å². The molecule has 0 fully saturated rings. The van der Waals surface area contributed by atoms with Gasteiger partial charge in [0.2, 0.25) is 0 Å². The highest BCUT2D eigenvalue weighted by atomic mass is 79.9. The Bertz CT molecular complexity index is 455. The molecule has 2 nitrogen and oxygen atoms in total. The number of nitrogens with one attached hydrogen (secondary N) is 1. The Balaban J connectivity index is 2.83. The van der Waals surface area contributed by atoms with Gasteiger partial charge in [0, 0.05) is 11.2 Å². The molecule has 12 heavy (non-hydrogen) atoms. The number of rotatable bonds is 0. The van der Waals surface area contributed by atoms with Gasteiger partial charge in [0.25, 0.3) is 0 Å². The quantitative estimate of drug-likeness (QED) is 0.759. The van der Waals surface area contributed by atoms with E-state index >= 15 is 0 Å². The molecule has 0 unspecified atom stereocenters. The van der Waals surface area contributed by atoms with Crippen LogP contribution in [0.3, 0.4) is 0 Å². The molecule has 0 amide bonds.